The maximum absolute atomic E-state index is 12.6. The summed E-state index contributed by atoms with van der Waals surface area (Å²) in [5.41, 5.74) is 0. The zero-order valence-electron chi connectivity index (χ0n) is 49.1. The van der Waals surface area contributed by atoms with Gasteiger partial charge in [-0.2, -0.15) is 0 Å². The third kappa shape index (κ3) is 56.6. The Hall–Kier alpha value is -1.17. The fourth-order valence-corrected chi connectivity index (χ4v) is 10.7. The first-order valence-electron chi connectivity index (χ1n) is 33.1. The van der Waals surface area contributed by atoms with Crippen LogP contribution in [-0.4, -0.2) is 46.1 Å². The highest BCUT2D eigenvalue weighted by molar-refractivity contribution is 5.80. The largest absolute Gasteiger partial charge is 0.394 e. The van der Waals surface area contributed by atoms with Crippen molar-refractivity contribution in [2.24, 2.45) is 0 Å². The van der Waals surface area contributed by atoms with Crippen molar-refractivity contribution in [1.29, 1.82) is 0 Å². The van der Waals surface area contributed by atoms with Crippen molar-refractivity contribution in [3.05, 3.63) is 24.3 Å². The van der Waals surface area contributed by atoms with Gasteiger partial charge in [0.1, 0.15) is 6.10 Å². The average Bonchev–Trinajstić information content (AvgIpc) is 3.39. The van der Waals surface area contributed by atoms with E-state index < -0.39 is 24.2 Å². The van der Waals surface area contributed by atoms with E-state index in [9.17, 15) is 20.1 Å². The Bertz CT molecular complexity index is 1080. The van der Waals surface area contributed by atoms with E-state index in [0.29, 0.717) is 12.8 Å². The number of nitrogens with one attached hydrogen (secondary N) is 1. The van der Waals surface area contributed by atoms with Crippen LogP contribution in [0.2, 0.25) is 0 Å². The number of hydrogen-bond donors (Lipinski definition) is 4. The molecule has 0 aromatic rings. The van der Waals surface area contributed by atoms with E-state index in [-0.39, 0.29) is 6.61 Å². The van der Waals surface area contributed by atoms with Crippen molar-refractivity contribution in [2.45, 2.75) is 392 Å². The van der Waals surface area contributed by atoms with Crippen molar-refractivity contribution >= 4 is 5.91 Å². The van der Waals surface area contributed by atoms with Crippen LogP contribution in [0.25, 0.3) is 0 Å². The number of rotatable bonds is 62. The third-order valence-corrected chi connectivity index (χ3v) is 15.8. The summed E-state index contributed by atoms with van der Waals surface area (Å²) in [5.74, 6) is -0.464. The van der Waals surface area contributed by atoms with E-state index in [1.807, 2.05) is 0 Å². The van der Waals surface area contributed by atoms with Gasteiger partial charge < -0.3 is 20.6 Å². The molecule has 5 nitrogen and oxygen atoms in total. The van der Waals surface area contributed by atoms with Crippen molar-refractivity contribution < 1.29 is 20.1 Å². The molecule has 5 heteroatoms. The first-order chi connectivity index (χ1) is 35.6. The van der Waals surface area contributed by atoms with E-state index in [1.54, 1.807) is 0 Å². The van der Waals surface area contributed by atoms with Gasteiger partial charge in [0.15, 0.2) is 0 Å². The Morgan fingerprint density at radius 2 is 0.569 bits per heavy atom. The summed E-state index contributed by atoms with van der Waals surface area (Å²) in [6.07, 6.45) is 81.3. The second kappa shape index (κ2) is 62.4. The Labute approximate surface area is 452 Å². The molecule has 3 atom stereocenters. The molecule has 0 aliphatic heterocycles. The Balaban J connectivity index is 3.46. The van der Waals surface area contributed by atoms with Crippen LogP contribution in [0.5, 0.6) is 0 Å². The molecule has 428 valence electrons. The average molecular weight is 1010 g/mol. The number of hydrogen-bond acceptors (Lipinski definition) is 4. The van der Waals surface area contributed by atoms with Crippen LogP contribution >= 0.6 is 0 Å². The van der Waals surface area contributed by atoms with E-state index in [0.717, 1.165) is 38.5 Å². The molecule has 0 bridgehead atoms. The molecule has 1 amide bonds. The number of aliphatic hydroxyl groups excluding tert-OH is 3. The quantitative estimate of drug-likeness (QED) is 0.0361. The summed E-state index contributed by atoms with van der Waals surface area (Å²) in [6, 6.07) is -0.711. The van der Waals surface area contributed by atoms with Crippen LogP contribution in [0, 0.1) is 0 Å². The minimum atomic E-state index is -1.07. The van der Waals surface area contributed by atoms with Crippen LogP contribution < -0.4 is 5.32 Å². The van der Waals surface area contributed by atoms with E-state index in [2.05, 4.69) is 43.5 Å². The SMILES string of the molecule is CCCCCCCCCCCCCCCCC/C=C\C/C=C\CCCCCCCCCCCCCCCCCCC(O)C(=O)NC(CO)C(O)CCCCCCCCCCCCCCCCCCCCCC. The van der Waals surface area contributed by atoms with Crippen LogP contribution in [0.15, 0.2) is 24.3 Å². The molecule has 0 spiro atoms. The maximum atomic E-state index is 12.6. The molecule has 0 fully saturated rings. The number of carbonyl (C=O) groups excluding carboxylic acids is 1. The topological polar surface area (TPSA) is 89.8 Å². The standard InChI is InChI=1S/C67H131NO4/c1-3-5-7-9-11-13-15-17-19-21-23-25-26-27-28-29-30-31-32-33-34-35-36-37-38-39-40-41-42-44-46-48-50-52-54-56-58-60-62-66(71)67(72)68-64(63-69)65(70)61-59-57-55-53-51-49-47-45-43-24-22-20-18-16-14-12-10-8-6-4-2/h30-31,33-34,64-66,69-71H,3-29,32,35-63H2,1-2H3,(H,68,72)/b31-30-,34-33-. The zero-order chi connectivity index (χ0) is 52.2. The number of carbonyl (C=O) groups is 1. The van der Waals surface area contributed by atoms with Crippen LogP contribution in [0.1, 0.15) is 373 Å². The molecule has 0 saturated heterocycles. The predicted octanol–water partition coefficient (Wildman–Crippen LogP) is 21.2. The second-order valence-corrected chi connectivity index (χ2v) is 23.0. The first kappa shape index (κ1) is 70.8. The highest BCUT2D eigenvalue weighted by atomic mass is 16.3. The summed E-state index contributed by atoms with van der Waals surface area (Å²) in [5, 5.41) is 33.7. The van der Waals surface area contributed by atoms with Crippen LogP contribution in [-0.2, 0) is 4.79 Å². The highest BCUT2D eigenvalue weighted by Gasteiger charge is 2.23. The van der Waals surface area contributed by atoms with Gasteiger partial charge in [-0.3, -0.25) is 4.79 Å². The molecule has 0 aromatic carbocycles. The predicted molar refractivity (Wildman–Crippen MR) is 319 cm³/mol. The monoisotopic (exact) mass is 1010 g/mol. The zero-order valence-corrected chi connectivity index (χ0v) is 49.1. The number of amides is 1. The fourth-order valence-electron chi connectivity index (χ4n) is 10.7. The van der Waals surface area contributed by atoms with E-state index in [1.165, 1.54) is 308 Å². The van der Waals surface area contributed by atoms with Gasteiger partial charge in [0.05, 0.1) is 18.8 Å². The number of unbranched alkanes of at least 4 members (excludes halogenated alkanes) is 50. The lowest BCUT2D eigenvalue weighted by molar-refractivity contribution is -0.131. The molecule has 0 saturated carbocycles. The maximum Gasteiger partial charge on any atom is 0.249 e. The molecule has 0 aromatic heterocycles. The van der Waals surface area contributed by atoms with Crippen molar-refractivity contribution in [3.63, 3.8) is 0 Å². The Morgan fingerprint density at radius 3 is 0.833 bits per heavy atom. The molecule has 72 heavy (non-hydrogen) atoms. The normalized spacial score (nSPS) is 13.2. The van der Waals surface area contributed by atoms with Crippen molar-refractivity contribution in [1.82, 2.24) is 5.32 Å². The van der Waals surface area contributed by atoms with Gasteiger partial charge >= 0.3 is 0 Å². The van der Waals surface area contributed by atoms with Crippen molar-refractivity contribution in [2.75, 3.05) is 6.61 Å². The lowest BCUT2D eigenvalue weighted by Gasteiger charge is -2.23. The van der Waals surface area contributed by atoms with Gasteiger partial charge in [-0.15, -0.1) is 0 Å². The van der Waals surface area contributed by atoms with E-state index >= 15 is 0 Å². The summed E-state index contributed by atoms with van der Waals surface area (Å²) >= 11 is 0. The summed E-state index contributed by atoms with van der Waals surface area (Å²) in [4.78, 5) is 12.6. The summed E-state index contributed by atoms with van der Waals surface area (Å²) in [7, 11) is 0. The van der Waals surface area contributed by atoms with Crippen LogP contribution in [0.3, 0.4) is 0 Å². The number of allylic oxidation sites excluding steroid dienone is 4. The Kier molecular flexibility index (Phi) is 61.4. The van der Waals surface area contributed by atoms with Crippen molar-refractivity contribution in [3.8, 4) is 0 Å². The summed E-state index contributed by atoms with van der Waals surface area (Å²) < 4.78 is 0. The molecule has 3 unspecified atom stereocenters. The lowest BCUT2D eigenvalue weighted by Crippen LogP contribution is -2.49. The molecule has 4 N–H and O–H groups in total. The minimum Gasteiger partial charge on any atom is -0.394 e. The molecular weight excluding hydrogens is 883 g/mol. The summed E-state index contributed by atoms with van der Waals surface area (Å²) in [6.45, 7) is 4.28. The smallest absolute Gasteiger partial charge is 0.249 e. The Morgan fingerprint density at radius 1 is 0.333 bits per heavy atom. The third-order valence-electron chi connectivity index (χ3n) is 15.8. The van der Waals surface area contributed by atoms with Gasteiger partial charge in [-0.05, 0) is 44.9 Å². The number of aliphatic hydroxyl groups is 3. The highest BCUT2D eigenvalue weighted by Crippen LogP contribution is 2.19. The molecule has 0 rings (SSSR count). The lowest BCUT2D eigenvalue weighted by atomic mass is 10.0. The second-order valence-electron chi connectivity index (χ2n) is 23.0. The molecule has 0 radical (unpaired) electrons. The minimum absolute atomic E-state index is 0.310. The fraction of sp³-hybridized carbons (Fsp3) is 0.925. The van der Waals surface area contributed by atoms with Gasteiger partial charge in [0, 0.05) is 0 Å². The molecule has 0 aliphatic carbocycles. The first-order valence-corrected chi connectivity index (χ1v) is 33.1. The van der Waals surface area contributed by atoms with E-state index in [4.69, 9.17) is 0 Å². The molecular formula is C67H131NO4. The molecule has 0 aliphatic rings. The van der Waals surface area contributed by atoms with Gasteiger partial charge in [0.25, 0.3) is 0 Å². The van der Waals surface area contributed by atoms with Gasteiger partial charge in [0.2, 0.25) is 5.91 Å². The van der Waals surface area contributed by atoms with Crippen LogP contribution in [0.4, 0.5) is 0 Å². The van der Waals surface area contributed by atoms with Gasteiger partial charge in [-0.25, -0.2) is 0 Å². The molecule has 0 heterocycles. The van der Waals surface area contributed by atoms with Gasteiger partial charge in [-0.1, -0.05) is 353 Å².